The molecule has 0 spiro atoms. The average molecular weight is 230 g/mol. The van der Waals surface area contributed by atoms with Crippen LogP contribution in [-0.4, -0.2) is 0 Å². The minimum atomic E-state index is 0. The van der Waals surface area contributed by atoms with Gasteiger partial charge in [0.05, 0.1) is 0 Å². The molecule has 0 aliphatic rings. The summed E-state index contributed by atoms with van der Waals surface area (Å²) in [6.07, 6.45) is 1.30. The minimum Gasteiger partial charge on any atom is -0.0776 e. The van der Waals surface area contributed by atoms with Gasteiger partial charge in [-0.15, -0.1) is 0 Å². The summed E-state index contributed by atoms with van der Waals surface area (Å²) in [4.78, 5) is 0. The van der Waals surface area contributed by atoms with Gasteiger partial charge in [-0.25, -0.2) is 0 Å². The van der Waals surface area contributed by atoms with Crippen LogP contribution in [0.2, 0.25) is 0 Å². The van der Waals surface area contributed by atoms with Crippen molar-refractivity contribution in [2.45, 2.75) is 83.1 Å². The first-order valence-corrected chi connectivity index (χ1v) is 6.42. The molecule has 0 N–H and O–H groups in total. The molecule has 0 fully saturated rings. The molecule has 0 aliphatic heterocycles. The van der Waals surface area contributed by atoms with Crippen LogP contribution in [0.5, 0.6) is 0 Å². The molecule has 0 heteroatoms. The van der Waals surface area contributed by atoms with Gasteiger partial charge in [-0.05, 0) is 22.7 Å². The van der Waals surface area contributed by atoms with Gasteiger partial charge in [0.15, 0.2) is 0 Å². The van der Waals surface area contributed by atoms with Crippen molar-refractivity contribution in [3.05, 3.63) is 0 Å². The highest BCUT2D eigenvalue weighted by Crippen LogP contribution is 2.27. The van der Waals surface area contributed by atoms with Crippen molar-refractivity contribution in [1.82, 2.24) is 0 Å². The zero-order valence-corrected chi connectivity index (χ0v) is 12.9. The van der Waals surface area contributed by atoms with Crippen LogP contribution in [0.4, 0.5) is 0 Å². The Labute approximate surface area is 106 Å². The molecule has 0 aromatic rings. The van der Waals surface area contributed by atoms with E-state index in [1.807, 2.05) is 0 Å². The van der Waals surface area contributed by atoms with Crippen molar-refractivity contribution in [1.29, 1.82) is 0 Å². The van der Waals surface area contributed by atoms with Gasteiger partial charge in [-0.3, -0.25) is 0 Å². The summed E-state index contributed by atoms with van der Waals surface area (Å²) >= 11 is 0. The van der Waals surface area contributed by atoms with Crippen molar-refractivity contribution in [2.75, 3.05) is 0 Å². The highest BCUT2D eigenvalue weighted by Gasteiger charge is 2.17. The Balaban J connectivity index is -0.000000200. The standard InChI is InChI=1S/C8H18.C7H16.CH4/c1-6-7(2)8(3,4)5;1-6(2)7(3,4)5;/h7H,6H2,1-5H3;6H,1-5H3;1H4. The monoisotopic (exact) mass is 230 g/mol. The van der Waals surface area contributed by atoms with E-state index in [0.717, 1.165) is 11.8 Å². The lowest BCUT2D eigenvalue weighted by atomic mass is 9.81. The average Bonchev–Trinajstić information content (AvgIpc) is 2.00. The van der Waals surface area contributed by atoms with Crippen molar-refractivity contribution >= 4 is 0 Å². The highest BCUT2D eigenvalue weighted by atomic mass is 14.2. The van der Waals surface area contributed by atoms with E-state index in [2.05, 4.69) is 69.2 Å². The Morgan fingerprint density at radius 2 is 1.00 bits per heavy atom. The van der Waals surface area contributed by atoms with E-state index < -0.39 is 0 Å². The SMILES string of the molecule is C.CC(C)C(C)(C)C.CCC(C)C(C)(C)C. The molecule has 16 heavy (non-hydrogen) atoms. The zero-order chi connectivity index (χ0) is 12.9. The molecule has 0 bridgehead atoms. The van der Waals surface area contributed by atoms with E-state index in [1.165, 1.54) is 6.42 Å². The fraction of sp³-hybridized carbons (Fsp3) is 1.00. The quantitative estimate of drug-likeness (QED) is 0.488. The second kappa shape index (κ2) is 8.14. The third-order valence-electron chi connectivity index (χ3n) is 3.82. The zero-order valence-electron chi connectivity index (χ0n) is 12.9. The van der Waals surface area contributed by atoms with E-state index in [4.69, 9.17) is 0 Å². The first-order valence-electron chi connectivity index (χ1n) is 6.42. The molecule has 0 amide bonds. The molecule has 0 rings (SSSR count). The fourth-order valence-corrected chi connectivity index (χ4v) is 0.612. The predicted octanol–water partition coefficient (Wildman–Crippen LogP) is 6.40. The summed E-state index contributed by atoms with van der Waals surface area (Å²) in [5.41, 5.74) is 1.01. The Kier molecular flexibility index (Phi) is 10.8. The molecule has 0 nitrogen and oxygen atoms in total. The van der Waals surface area contributed by atoms with Crippen LogP contribution in [0.25, 0.3) is 0 Å². The molecule has 1 atom stereocenters. The second-order valence-corrected chi connectivity index (χ2v) is 7.20. The van der Waals surface area contributed by atoms with Gasteiger partial charge >= 0.3 is 0 Å². The van der Waals surface area contributed by atoms with E-state index in [0.29, 0.717) is 10.8 Å². The summed E-state index contributed by atoms with van der Waals surface area (Å²) in [5.74, 6) is 1.65. The van der Waals surface area contributed by atoms with E-state index >= 15 is 0 Å². The summed E-state index contributed by atoms with van der Waals surface area (Å²) in [7, 11) is 0. The highest BCUT2D eigenvalue weighted by molar-refractivity contribution is 4.67. The molecular formula is C16H38. The molecule has 0 aromatic heterocycles. The summed E-state index contributed by atoms with van der Waals surface area (Å²) in [6, 6.07) is 0. The maximum Gasteiger partial charge on any atom is -0.0357 e. The first-order chi connectivity index (χ1) is 6.42. The molecule has 0 aromatic carbocycles. The van der Waals surface area contributed by atoms with E-state index in [-0.39, 0.29) is 7.43 Å². The van der Waals surface area contributed by atoms with Gasteiger partial charge in [0.1, 0.15) is 0 Å². The number of rotatable bonds is 1. The summed E-state index contributed by atoms with van der Waals surface area (Å²) in [6.45, 7) is 22.7. The number of hydrogen-bond donors (Lipinski definition) is 0. The van der Waals surface area contributed by atoms with E-state index in [9.17, 15) is 0 Å². The van der Waals surface area contributed by atoms with Gasteiger partial charge < -0.3 is 0 Å². The molecule has 0 radical (unpaired) electrons. The van der Waals surface area contributed by atoms with Crippen LogP contribution in [0, 0.1) is 22.7 Å². The largest absolute Gasteiger partial charge is 0.0776 e. The second-order valence-electron chi connectivity index (χ2n) is 7.20. The van der Waals surface area contributed by atoms with Gasteiger partial charge in [0.2, 0.25) is 0 Å². The van der Waals surface area contributed by atoms with Crippen molar-refractivity contribution in [2.24, 2.45) is 22.7 Å². The van der Waals surface area contributed by atoms with Gasteiger partial charge in [0.25, 0.3) is 0 Å². The van der Waals surface area contributed by atoms with Gasteiger partial charge in [0, 0.05) is 0 Å². The minimum absolute atomic E-state index is 0. The molecular weight excluding hydrogens is 192 g/mol. The maximum absolute atomic E-state index is 2.31. The lowest BCUT2D eigenvalue weighted by Crippen LogP contribution is -2.15. The molecule has 102 valence electrons. The van der Waals surface area contributed by atoms with Crippen molar-refractivity contribution in [3.63, 3.8) is 0 Å². The van der Waals surface area contributed by atoms with Crippen LogP contribution in [0.1, 0.15) is 83.1 Å². The molecule has 1 unspecified atom stereocenters. The lowest BCUT2D eigenvalue weighted by molar-refractivity contribution is 0.254. The van der Waals surface area contributed by atoms with Crippen molar-refractivity contribution in [3.8, 4) is 0 Å². The Morgan fingerprint density at radius 1 is 0.750 bits per heavy atom. The normalized spacial score (nSPS) is 13.7. The molecule has 0 saturated heterocycles. The predicted molar refractivity (Wildman–Crippen MR) is 79.9 cm³/mol. The topological polar surface area (TPSA) is 0 Å². The maximum atomic E-state index is 2.31. The molecule has 0 saturated carbocycles. The Hall–Kier alpha value is 0. The third kappa shape index (κ3) is 12.1. The fourth-order valence-electron chi connectivity index (χ4n) is 0.612. The van der Waals surface area contributed by atoms with Crippen LogP contribution in [0.3, 0.4) is 0 Å². The smallest absolute Gasteiger partial charge is 0.0357 e. The Bertz CT molecular complexity index is 140. The van der Waals surface area contributed by atoms with Crippen LogP contribution in [0.15, 0.2) is 0 Å². The molecule has 0 heterocycles. The third-order valence-corrected chi connectivity index (χ3v) is 3.82. The van der Waals surface area contributed by atoms with Gasteiger partial charge in [-0.1, -0.05) is 83.1 Å². The Morgan fingerprint density at radius 3 is 1.00 bits per heavy atom. The van der Waals surface area contributed by atoms with Crippen LogP contribution in [-0.2, 0) is 0 Å². The number of hydrogen-bond acceptors (Lipinski definition) is 0. The van der Waals surface area contributed by atoms with Crippen molar-refractivity contribution < 1.29 is 0 Å². The molecule has 0 aliphatic carbocycles. The lowest BCUT2D eigenvalue weighted by Gasteiger charge is -2.25. The van der Waals surface area contributed by atoms with Gasteiger partial charge in [-0.2, -0.15) is 0 Å². The van der Waals surface area contributed by atoms with E-state index in [1.54, 1.807) is 0 Å². The van der Waals surface area contributed by atoms with Crippen LogP contribution >= 0.6 is 0 Å². The summed E-state index contributed by atoms with van der Waals surface area (Å²) < 4.78 is 0. The summed E-state index contributed by atoms with van der Waals surface area (Å²) in [5, 5.41) is 0. The first kappa shape index (κ1) is 21.3. The van der Waals surface area contributed by atoms with Crippen LogP contribution < -0.4 is 0 Å².